The molecule has 5 aromatic carbocycles. The largest absolute Gasteiger partial charge is 0.497 e. The third kappa shape index (κ3) is 11.1. The second-order valence-corrected chi connectivity index (χ2v) is 13.5. The van der Waals surface area contributed by atoms with Crippen molar-refractivity contribution >= 4 is 43.1 Å². The molecule has 54 heavy (non-hydrogen) atoms. The van der Waals surface area contributed by atoms with Crippen LogP contribution in [0, 0.1) is 0 Å². The van der Waals surface area contributed by atoms with Crippen molar-refractivity contribution in [1.82, 2.24) is 16.0 Å². The number of amides is 3. The molecule has 0 aliphatic carbocycles. The molecular formula is C41H42N3O9P. The second-order valence-electron chi connectivity index (χ2n) is 12.8. The summed E-state index contributed by atoms with van der Waals surface area (Å²) in [6, 6.07) is 31.9. The summed E-state index contributed by atoms with van der Waals surface area (Å²) in [7, 11) is -1.02. The minimum Gasteiger partial charge on any atom is -0.497 e. The van der Waals surface area contributed by atoms with Gasteiger partial charge in [0.15, 0.2) is 0 Å². The molecule has 5 rings (SSSR count). The van der Waals surface area contributed by atoms with E-state index in [-0.39, 0.29) is 30.9 Å². The number of carboxylic acids is 1. The van der Waals surface area contributed by atoms with Crippen LogP contribution in [0.4, 0.5) is 0 Å². The molecule has 5 aromatic rings. The van der Waals surface area contributed by atoms with Crippen molar-refractivity contribution in [2.45, 2.75) is 50.2 Å². The van der Waals surface area contributed by atoms with Crippen molar-refractivity contribution in [1.29, 1.82) is 0 Å². The van der Waals surface area contributed by atoms with E-state index in [9.17, 15) is 24.3 Å². The van der Waals surface area contributed by atoms with Crippen molar-refractivity contribution in [2.75, 3.05) is 7.11 Å². The van der Waals surface area contributed by atoms with Gasteiger partial charge in [-0.25, -0.2) is 4.79 Å². The summed E-state index contributed by atoms with van der Waals surface area (Å²) in [6.07, 6.45) is 0.0773. The molecule has 3 amide bonds. The Morgan fingerprint density at radius 3 is 1.59 bits per heavy atom. The van der Waals surface area contributed by atoms with Gasteiger partial charge in [-0.1, -0.05) is 97.1 Å². The van der Waals surface area contributed by atoms with Gasteiger partial charge in [0, 0.05) is 19.3 Å². The van der Waals surface area contributed by atoms with E-state index in [0.717, 1.165) is 33.2 Å². The zero-order chi connectivity index (χ0) is 38.6. The maximum absolute atomic E-state index is 14.1. The Bertz CT molecular complexity index is 2050. The normalized spacial score (nSPS) is 13.3. The first-order chi connectivity index (χ1) is 26.0. The first-order valence-electron chi connectivity index (χ1n) is 17.2. The number of nitrogens with one attached hydrogen (secondary N) is 3. The zero-order valence-corrected chi connectivity index (χ0v) is 30.6. The predicted octanol–water partition coefficient (Wildman–Crippen LogP) is 4.81. The topological polar surface area (TPSA) is 184 Å². The minimum atomic E-state index is -2.62. The van der Waals surface area contributed by atoms with Gasteiger partial charge in [0.25, 0.3) is 0 Å². The molecule has 0 heterocycles. The van der Waals surface area contributed by atoms with Gasteiger partial charge in [-0.3, -0.25) is 14.4 Å². The second kappa shape index (κ2) is 18.8. The molecule has 0 radical (unpaired) electrons. The summed E-state index contributed by atoms with van der Waals surface area (Å²) in [4.78, 5) is 72.3. The number of fused-ring (bicyclic) bond motifs is 1. The standard InChI is InChI=1S/C41H42N3O9P/c1-26(30-15-16-32-25-34(52-2)20-17-31(32)24-30)38(45)42-35(21-27-9-5-3-6-10-27)39(46)43-36(22-28-11-7-4-8-12-28)40(47)44-37(41(48)49)23-29-13-18-33(19-14-29)53-54(50)51/h3-20,24-26,35-37,50-51H,21-23H2,1-2H3,(H,42,45)(H,43,46)(H,44,47)(H,48,49)/t26-,35+,36+,37+/m0/s1. The van der Waals surface area contributed by atoms with Crippen molar-refractivity contribution in [3.63, 3.8) is 0 Å². The molecule has 0 aliphatic heterocycles. The lowest BCUT2D eigenvalue weighted by molar-refractivity contribution is -0.142. The summed E-state index contributed by atoms with van der Waals surface area (Å²) in [5.74, 6) is -2.75. The van der Waals surface area contributed by atoms with Crippen LogP contribution in [-0.2, 0) is 38.4 Å². The highest BCUT2D eigenvalue weighted by Crippen LogP contribution is 2.29. The van der Waals surface area contributed by atoms with Gasteiger partial charge in [0.05, 0.1) is 13.0 Å². The van der Waals surface area contributed by atoms with Gasteiger partial charge in [0.2, 0.25) is 17.7 Å². The SMILES string of the molecule is COc1ccc2cc([C@H](C)C(=O)N[C@H](Cc3ccccc3)C(=O)N[C@H](Cc3ccccc3)C(=O)N[C@H](Cc3ccc(OP(O)O)cc3)C(=O)O)ccc2c1. The highest BCUT2D eigenvalue weighted by atomic mass is 31.2. The van der Waals surface area contributed by atoms with E-state index >= 15 is 0 Å². The van der Waals surface area contributed by atoms with Crippen molar-refractivity contribution in [3.05, 3.63) is 144 Å². The zero-order valence-electron chi connectivity index (χ0n) is 29.7. The average Bonchev–Trinajstić information content (AvgIpc) is 3.17. The smallest absolute Gasteiger partial charge is 0.391 e. The molecule has 0 fully saturated rings. The van der Waals surface area contributed by atoms with Crippen LogP contribution in [0.3, 0.4) is 0 Å². The van der Waals surface area contributed by atoms with Gasteiger partial charge < -0.3 is 40.1 Å². The maximum atomic E-state index is 14.1. The molecule has 0 unspecified atom stereocenters. The fourth-order valence-electron chi connectivity index (χ4n) is 5.97. The number of ether oxygens (including phenoxy) is 1. The number of carbonyl (C=O) groups excluding carboxylic acids is 3. The van der Waals surface area contributed by atoms with Crippen LogP contribution >= 0.6 is 8.60 Å². The van der Waals surface area contributed by atoms with Crippen LogP contribution < -0.4 is 25.2 Å². The van der Waals surface area contributed by atoms with Crippen molar-refractivity contribution < 1.29 is 43.3 Å². The average molecular weight is 752 g/mol. The molecule has 0 bridgehead atoms. The van der Waals surface area contributed by atoms with E-state index in [1.807, 2.05) is 72.8 Å². The van der Waals surface area contributed by atoms with Crippen LogP contribution in [0.1, 0.15) is 35.1 Å². The van der Waals surface area contributed by atoms with Crippen molar-refractivity contribution in [3.8, 4) is 11.5 Å². The Labute approximate surface area is 314 Å². The lowest BCUT2D eigenvalue weighted by Crippen LogP contribution is -2.57. The summed E-state index contributed by atoms with van der Waals surface area (Å²) in [6.45, 7) is 1.76. The van der Waals surface area contributed by atoms with E-state index in [1.54, 1.807) is 50.4 Å². The Morgan fingerprint density at radius 2 is 1.06 bits per heavy atom. The van der Waals surface area contributed by atoms with Gasteiger partial charge in [-0.2, -0.15) is 0 Å². The van der Waals surface area contributed by atoms with Crippen molar-refractivity contribution in [2.24, 2.45) is 0 Å². The van der Waals surface area contributed by atoms with Crippen LogP contribution in [0.2, 0.25) is 0 Å². The Balaban J connectivity index is 1.35. The summed E-state index contributed by atoms with van der Waals surface area (Å²) in [5, 5.41) is 20.2. The van der Waals surface area contributed by atoms with Gasteiger partial charge in [0.1, 0.15) is 29.6 Å². The van der Waals surface area contributed by atoms with Crippen LogP contribution in [0.15, 0.2) is 121 Å². The third-order valence-corrected chi connectivity index (χ3v) is 9.33. The molecule has 280 valence electrons. The van der Waals surface area contributed by atoms with Gasteiger partial charge in [-0.15, -0.1) is 0 Å². The van der Waals surface area contributed by atoms with E-state index < -0.39 is 50.4 Å². The van der Waals surface area contributed by atoms with E-state index in [2.05, 4.69) is 16.0 Å². The highest BCUT2D eigenvalue weighted by molar-refractivity contribution is 7.39. The first kappa shape index (κ1) is 39.4. The number of rotatable bonds is 17. The number of hydrogen-bond acceptors (Lipinski definition) is 8. The molecule has 6 N–H and O–H groups in total. The molecule has 0 aromatic heterocycles. The first-order valence-corrected chi connectivity index (χ1v) is 18.4. The number of methoxy groups -OCH3 is 1. The van der Waals surface area contributed by atoms with E-state index in [4.69, 9.17) is 19.0 Å². The minimum absolute atomic E-state index is 0.0480. The quantitative estimate of drug-likeness (QED) is 0.0727. The number of carboxylic acid groups (broad SMARTS) is 1. The molecule has 0 spiro atoms. The number of benzene rings is 5. The molecule has 4 atom stereocenters. The fourth-order valence-corrected chi connectivity index (χ4v) is 6.28. The molecule has 0 saturated carbocycles. The Morgan fingerprint density at radius 1 is 0.593 bits per heavy atom. The molecule has 0 aliphatic rings. The Kier molecular flexibility index (Phi) is 13.7. The molecular weight excluding hydrogens is 709 g/mol. The van der Waals surface area contributed by atoms with Gasteiger partial charge >= 0.3 is 14.6 Å². The third-order valence-electron chi connectivity index (χ3n) is 8.96. The summed E-state index contributed by atoms with van der Waals surface area (Å²) >= 11 is 0. The summed E-state index contributed by atoms with van der Waals surface area (Å²) in [5.41, 5.74) is 2.79. The molecule has 0 saturated heterocycles. The Hall–Kier alpha value is -5.81. The molecule has 12 nitrogen and oxygen atoms in total. The number of carbonyl (C=O) groups is 4. The maximum Gasteiger partial charge on any atom is 0.391 e. The lowest BCUT2D eigenvalue weighted by atomic mass is 9.96. The fraction of sp³-hybridized carbons (Fsp3) is 0.220. The number of aliphatic carboxylic acids is 1. The van der Waals surface area contributed by atoms with E-state index in [1.165, 1.54) is 12.1 Å². The van der Waals surface area contributed by atoms with Crippen LogP contribution in [0.5, 0.6) is 11.5 Å². The summed E-state index contributed by atoms with van der Waals surface area (Å²) < 4.78 is 10.2. The lowest BCUT2D eigenvalue weighted by Gasteiger charge is -2.26. The number of hydrogen-bond donors (Lipinski definition) is 6. The van der Waals surface area contributed by atoms with Gasteiger partial charge in [-0.05, 0) is 64.2 Å². The van der Waals surface area contributed by atoms with Crippen LogP contribution in [-0.4, -0.2) is 63.8 Å². The monoisotopic (exact) mass is 751 g/mol. The molecule has 13 heteroatoms. The highest BCUT2D eigenvalue weighted by Gasteiger charge is 2.31. The predicted molar refractivity (Wildman–Crippen MR) is 205 cm³/mol. The van der Waals surface area contributed by atoms with E-state index in [0.29, 0.717) is 5.56 Å². The van der Waals surface area contributed by atoms with Crippen LogP contribution in [0.25, 0.3) is 10.8 Å².